The van der Waals surface area contributed by atoms with E-state index in [0.29, 0.717) is 0 Å². The van der Waals surface area contributed by atoms with Crippen LogP contribution >= 0.6 is 0 Å². The normalized spacial score (nSPS) is 15.8. The largest absolute Gasteiger partial charge is 0.357 e. The topological polar surface area (TPSA) is 87.2 Å². The van der Waals surface area contributed by atoms with Crippen LogP contribution in [0.1, 0.15) is 0 Å². The predicted octanol–water partition coefficient (Wildman–Crippen LogP) is -0.880. The van der Waals surface area contributed by atoms with Gasteiger partial charge >= 0.3 is 0 Å². The summed E-state index contributed by atoms with van der Waals surface area (Å²) in [7, 11) is 1.59. The quantitative estimate of drug-likeness (QED) is 0.652. The summed E-state index contributed by atoms with van der Waals surface area (Å²) in [6, 6.07) is 0. The molecule has 0 radical (unpaired) electrons. The fourth-order valence-corrected chi connectivity index (χ4v) is 1.49. The van der Waals surface area contributed by atoms with Crippen LogP contribution in [0.3, 0.4) is 0 Å². The minimum absolute atomic E-state index is 0.0625. The van der Waals surface area contributed by atoms with Gasteiger partial charge in [0.1, 0.15) is 0 Å². The Morgan fingerprint density at radius 3 is 2.65 bits per heavy atom. The number of amides is 2. The number of piperazine rings is 1. The molecule has 7 nitrogen and oxygen atoms in total. The van der Waals surface area contributed by atoms with Crippen LogP contribution in [-0.2, 0) is 9.59 Å². The zero-order valence-corrected chi connectivity index (χ0v) is 9.03. The summed E-state index contributed by atoms with van der Waals surface area (Å²) in [6.45, 7) is -0.217. The highest BCUT2D eigenvalue weighted by Gasteiger charge is 2.25. The smallest absolute Gasteiger partial charge is 0.246 e. The molecular weight excluding hydrogens is 229 g/mol. The second-order valence-electron chi connectivity index (χ2n) is 3.44. The fourth-order valence-electron chi connectivity index (χ4n) is 1.49. The molecule has 0 unspecified atom stereocenters. The Hall–Kier alpha value is -2.25. The van der Waals surface area contributed by atoms with Gasteiger partial charge in [0, 0.05) is 7.05 Å². The van der Waals surface area contributed by atoms with Gasteiger partial charge in [-0.05, 0) is 0 Å². The maximum atomic E-state index is 13.5. The predicted molar refractivity (Wildman–Crippen MR) is 56.9 cm³/mol. The molecule has 1 aliphatic heterocycles. The third kappa shape index (κ3) is 2.30. The van der Waals surface area contributed by atoms with Gasteiger partial charge in [-0.2, -0.15) is 4.98 Å². The van der Waals surface area contributed by atoms with Gasteiger partial charge in [0.25, 0.3) is 0 Å². The van der Waals surface area contributed by atoms with E-state index in [2.05, 4.69) is 20.6 Å². The molecule has 2 heterocycles. The van der Waals surface area contributed by atoms with Crippen molar-refractivity contribution in [3.05, 3.63) is 12.0 Å². The summed E-state index contributed by atoms with van der Waals surface area (Å²) in [4.78, 5) is 31.2. The number of hydrogen-bond donors (Lipinski definition) is 2. The Labute approximate surface area is 96.0 Å². The number of carbonyl (C=O) groups is 2. The van der Waals surface area contributed by atoms with Crippen LogP contribution in [-0.4, -0.2) is 41.9 Å². The lowest BCUT2D eigenvalue weighted by Crippen LogP contribution is -2.52. The minimum Gasteiger partial charge on any atom is -0.357 e. The van der Waals surface area contributed by atoms with Crippen LogP contribution < -0.4 is 15.5 Å². The van der Waals surface area contributed by atoms with E-state index in [1.165, 1.54) is 4.90 Å². The molecule has 17 heavy (non-hydrogen) atoms. The van der Waals surface area contributed by atoms with Crippen LogP contribution in [0, 0.1) is 5.82 Å². The molecule has 0 atom stereocenters. The number of aromatic nitrogens is 2. The van der Waals surface area contributed by atoms with E-state index < -0.39 is 17.6 Å². The number of rotatable bonds is 2. The van der Waals surface area contributed by atoms with Crippen molar-refractivity contribution in [2.75, 3.05) is 30.4 Å². The van der Waals surface area contributed by atoms with E-state index in [1.54, 1.807) is 7.05 Å². The van der Waals surface area contributed by atoms with Crippen molar-refractivity contribution in [2.45, 2.75) is 0 Å². The van der Waals surface area contributed by atoms with E-state index in [4.69, 9.17) is 0 Å². The Balaban J connectivity index is 2.32. The zero-order chi connectivity index (χ0) is 12.4. The van der Waals surface area contributed by atoms with Gasteiger partial charge in [0.2, 0.25) is 17.8 Å². The number of halogens is 1. The first-order valence-corrected chi connectivity index (χ1v) is 4.88. The molecule has 1 saturated heterocycles. The third-order valence-corrected chi connectivity index (χ3v) is 2.20. The highest BCUT2D eigenvalue weighted by atomic mass is 19.1. The van der Waals surface area contributed by atoms with Gasteiger partial charge < -0.3 is 10.2 Å². The summed E-state index contributed by atoms with van der Waals surface area (Å²) >= 11 is 0. The average Bonchev–Trinajstić information content (AvgIpc) is 2.28. The Morgan fingerprint density at radius 1 is 1.41 bits per heavy atom. The standard InChI is InChI=1S/C9H10FN5O2/c1-11-9-12-2-5(10)8(14-9)15-3-6(16)13-7(17)4-15/h2H,3-4H2,1H3,(H,11,12,14)(H,13,16,17). The monoisotopic (exact) mass is 239 g/mol. The van der Waals surface area contributed by atoms with Gasteiger partial charge in [-0.25, -0.2) is 9.37 Å². The second-order valence-corrected chi connectivity index (χ2v) is 3.44. The summed E-state index contributed by atoms with van der Waals surface area (Å²) < 4.78 is 13.5. The minimum atomic E-state index is -0.675. The van der Waals surface area contributed by atoms with Crippen LogP contribution in [0.15, 0.2) is 6.20 Å². The van der Waals surface area contributed by atoms with Crippen LogP contribution in [0.4, 0.5) is 16.2 Å². The number of nitrogens with zero attached hydrogens (tertiary/aromatic N) is 3. The van der Waals surface area contributed by atoms with E-state index in [-0.39, 0.29) is 24.9 Å². The molecular formula is C9H10FN5O2. The maximum absolute atomic E-state index is 13.5. The summed E-state index contributed by atoms with van der Waals surface area (Å²) in [5.74, 6) is -1.48. The molecule has 0 spiro atoms. The fraction of sp³-hybridized carbons (Fsp3) is 0.333. The third-order valence-electron chi connectivity index (χ3n) is 2.20. The van der Waals surface area contributed by atoms with E-state index in [1.807, 2.05) is 0 Å². The number of imide groups is 1. The van der Waals surface area contributed by atoms with Crippen molar-refractivity contribution in [3.8, 4) is 0 Å². The summed E-state index contributed by atoms with van der Waals surface area (Å²) in [5.41, 5.74) is 0. The lowest BCUT2D eigenvalue weighted by atomic mass is 10.3. The average molecular weight is 239 g/mol. The SMILES string of the molecule is CNc1ncc(F)c(N2CC(=O)NC(=O)C2)n1. The molecule has 90 valence electrons. The van der Waals surface area contributed by atoms with Gasteiger partial charge in [0.15, 0.2) is 11.6 Å². The molecule has 8 heteroatoms. The lowest BCUT2D eigenvalue weighted by Gasteiger charge is -2.26. The lowest BCUT2D eigenvalue weighted by molar-refractivity contribution is -0.130. The molecule has 0 saturated carbocycles. The highest BCUT2D eigenvalue weighted by molar-refractivity contribution is 6.02. The van der Waals surface area contributed by atoms with Crippen LogP contribution in [0.2, 0.25) is 0 Å². The first-order valence-electron chi connectivity index (χ1n) is 4.88. The molecule has 1 fully saturated rings. The van der Waals surface area contributed by atoms with Crippen molar-refractivity contribution >= 4 is 23.6 Å². The zero-order valence-electron chi connectivity index (χ0n) is 9.03. The maximum Gasteiger partial charge on any atom is 0.246 e. The number of carbonyl (C=O) groups excluding carboxylic acids is 2. The molecule has 1 aromatic heterocycles. The Bertz CT molecular complexity index is 462. The highest BCUT2D eigenvalue weighted by Crippen LogP contribution is 2.17. The Morgan fingerprint density at radius 2 is 2.06 bits per heavy atom. The molecule has 0 aliphatic carbocycles. The van der Waals surface area contributed by atoms with Crippen molar-refractivity contribution < 1.29 is 14.0 Å². The van der Waals surface area contributed by atoms with E-state index in [0.717, 1.165) is 6.20 Å². The van der Waals surface area contributed by atoms with Gasteiger partial charge in [-0.15, -0.1) is 0 Å². The second kappa shape index (κ2) is 4.32. The van der Waals surface area contributed by atoms with Crippen molar-refractivity contribution in [1.29, 1.82) is 0 Å². The first kappa shape index (κ1) is 11.2. The molecule has 0 bridgehead atoms. The van der Waals surface area contributed by atoms with Crippen molar-refractivity contribution in [1.82, 2.24) is 15.3 Å². The van der Waals surface area contributed by atoms with E-state index >= 15 is 0 Å². The van der Waals surface area contributed by atoms with Gasteiger partial charge in [-0.1, -0.05) is 0 Å². The van der Waals surface area contributed by atoms with Crippen LogP contribution in [0.5, 0.6) is 0 Å². The molecule has 2 rings (SSSR count). The summed E-state index contributed by atoms with van der Waals surface area (Å²) in [6.07, 6.45) is 0.991. The molecule has 1 aliphatic rings. The Kier molecular flexibility index (Phi) is 2.86. The number of hydrogen-bond acceptors (Lipinski definition) is 6. The van der Waals surface area contributed by atoms with Crippen LogP contribution in [0.25, 0.3) is 0 Å². The number of nitrogens with one attached hydrogen (secondary N) is 2. The van der Waals surface area contributed by atoms with E-state index in [9.17, 15) is 14.0 Å². The summed E-state index contributed by atoms with van der Waals surface area (Å²) in [5, 5.41) is 4.78. The first-order chi connectivity index (χ1) is 8.10. The van der Waals surface area contributed by atoms with Crippen molar-refractivity contribution in [3.63, 3.8) is 0 Å². The molecule has 1 aromatic rings. The molecule has 0 aromatic carbocycles. The number of anilines is 2. The van der Waals surface area contributed by atoms with Gasteiger partial charge in [-0.3, -0.25) is 14.9 Å². The van der Waals surface area contributed by atoms with Gasteiger partial charge in [0.05, 0.1) is 19.3 Å². The molecule has 2 amide bonds. The van der Waals surface area contributed by atoms with Crippen molar-refractivity contribution in [2.24, 2.45) is 0 Å². The molecule has 2 N–H and O–H groups in total.